The Hall–Kier alpha value is -3.65. The zero-order chi connectivity index (χ0) is 23.5. The number of fused-ring (bicyclic) bond motifs is 2. The Morgan fingerprint density at radius 1 is 1.15 bits per heavy atom. The molecule has 4 rings (SSSR count). The Balaban J connectivity index is 1.83. The highest BCUT2D eigenvalue weighted by molar-refractivity contribution is 6.11. The van der Waals surface area contributed by atoms with Crippen LogP contribution in [0.1, 0.15) is 36.2 Å². The van der Waals surface area contributed by atoms with E-state index in [1.165, 1.54) is 0 Å². The van der Waals surface area contributed by atoms with Crippen LogP contribution < -0.4 is 15.8 Å². The van der Waals surface area contributed by atoms with Gasteiger partial charge in [-0.2, -0.15) is 0 Å². The van der Waals surface area contributed by atoms with Gasteiger partial charge >= 0.3 is 0 Å². The van der Waals surface area contributed by atoms with Crippen molar-refractivity contribution in [3.05, 3.63) is 53.6 Å². The summed E-state index contributed by atoms with van der Waals surface area (Å²) in [5, 5.41) is 2.95. The van der Waals surface area contributed by atoms with Gasteiger partial charge in [0.05, 0.1) is 29.9 Å². The minimum atomic E-state index is -0.294. The third kappa shape index (κ3) is 4.47. The standard InChI is InChI=1S/C25H29N5O3/c1-15(2)33-13-7-12-27-25(31)21-22-24(29-18-9-6-5-8-17(18)28-22)30(23(21)26)19-14-16(3)10-11-20(19)32-4/h5-6,8-11,14-15H,7,12-13,26H2,1-4H3,(H,27,31). The van der Waals surface area contributed by atoms with Gasteiger partial charge in [0.1, 0.15) is 22.6 Å². The molecule has 0 saturated heterocycles. The van der Waals surface area contributed by atoms with E-state index < -0.39 is 0 Å². The highest BCUT2D eigenvalue weighted by Crippen LogP contribution is 2.35. The lowest BCUT2D eigenvalue weighted by atomic mass is 10.2. The molecule has 0 aliphatic heterocycles. The van der Waals surface area contributed by atoms with E-state index in [2.05, 4.69) is 5.32 Å². The van der Waals surface area contributed by atoms with E-state index in [4.69, 9.17) is 25.2 Å². The minimum Gasteiger partial charge on any atom is -0.495 e. The quantitative estimate of drug-likeness (QED) is 0.396. The Labute approximate surface area is 192 Å². The van der Waals surface area contributed by atoms with Crippen molar-refractivity contribution in [2.75, 3.05) is 26.0 Å². The van der Waals surface area contributed by atoms with Gasteiger partial charge in [-0.25, -0.2) is 9.97 Å². The summed E-state index contributed by atoms with van der Waals surface area (Å²) in [6.07, 6.45) is 0.852. The minimum absolute atomic E-state index is 0.155. The maximum atomic E-state index is 13.2. The number of ether oxygens (including phenoxy) is 2. The molecule has 0 aliphatic carbocycles. The number of nitrogens with two attached hydrogens (primary N) is 1. The lowest BCUT2D eigenvalue weighted by Gasteiger charge is -2.13. The van der Waals surface area contributed by atoms with Crippen LogP contribution in [0.2, 0.25) is 0 Å². The van der Waals surface area contributed by atoms with Gasteiger partial charge in [0.15, 0.2) is 5.65 Å². The predicted octanol–water partition coefficient (Wildman–Crippen LogP) is 4.02. The van der Waals surface area contributed by atoms with E-state index in [9.17, 15) is 4.79 Å². The van der Waals surface area contributed by atoms with Crippen LogP contribution >= 0.6 is 0 Å². The van der Waals surface area contributed by atoms with Crippen molar-refractivity contribution in [3.63, 3.8) is 0 Å². The number of hydrogen-bond donors (Lipinski definition) is 2. The molecule has 0 bridgehead atoms. The molecule has 8 heteroatoms. The first-order chi connectivity index (χ1) is 15.9. The number of benzene rings is 2. The molecule has 2 heterocycles. The summed E-state index contributed by atoms with van der Waals surface area (Å²) in [4.78, 5) is 22.8. The van der Waals surface area contributed by atoms with Gasteiger partial charge in [0, 0.05) is 13.2 Å². The second kappa shape index (κ2) is 9.46. The number of nitrogens with zero attached hydrogens (tertiary/aromatic N) is 3. The number of aryl methyl sites for hydroxylation is 1. The third-order valence-corrected chi connectivity index (χ3v) is 5.36. The Bertz CT molecular complexity index is 1310. The van der Waals surface area contributed by atoms with Crippen LogP contribution in [0.4, 0.5) is 5.82 Å². The maximum Gasteiger partial charge on any atom is 0.257 e. The van der Waals surface area contributed by atoms with Crippen LogP contribution in [-0.4, -0.2) is 46.8 Å². The van der Waals surface area contributed by atoms with Crippen LogP contribution in [0.15, 0.2) is 42.5 Å². The summed E-state index contributed by atoms with van der Waals surface area (Å²) in [7, 11) is 1.60. The molecule has 33 heavy (non-hydrogen) atoms. The largest absolute Gasteiger partial charge is 0.495 e. The fourth-order valence-electron chi connectivity index (χ4n) is 3.79. The molecule has 0 aliphatic rings. The Morgan fingerprint density at radius 3 is 2.58 bits per heavy atom. The maximum absolute atomic E-state index is 13.2. The van der Waals surface area contributed by atoms with Crippen molar-refractivity contribution in [2.24, 2.45) is 0 Å². The summed E-state index contributed by atoms with van der Waals surface area (Å²) in [6.45, 7) is 6.98. The van der Waals surface area contributed by atoms with Crippen LogP contribution in [-0.2, 0) is 4.74 Å². The van der Waals surface area contributed by atoms with E-state index in [0.29, 0.717) is 58.8 Å². The molecule has 2 aromatic carbocycles. The molecule has 1 amide bonds. The molecule has 0 spiro atoms. The number of hydrogen-bond acceptors (Lipinski definition) is 6. The zero-order valence-electron chi connectivity index (χ0n) is 19.4. The number of aromatic nitrogens is 3. The first kappa shape index (κ1) is 22.5. The first-order valence-electron chi connectivity index (χ1n) is 11.0. The van der Waals surface area contributed by atoms with Gasteiger partial charge in [0.25, 0.3) is 5.91 Å². The summed E-state index contributed by atoms with van der Waals surface area (Å²) >= 11 is 0. The molecular weight excluding hydrogens is 418 g/mol. The number of rotatable bonds is 8. The highest BCUT2D eigenvalue weighted by Gasteiger charge is 2.26. The molecule has 0 unspecified atom stereocenters. The number of nitrogen functional groups attached to an aromatic ring is 1. The monoisotopic (exact) mass is 447 g/mol. The van der Waals surface area contributed by atoms with Gasteiger partial charge in [-0.15, -0.1) is 0 Å². The smallest absolute Gasteiger partial charge is 0.257 e. The van der Waals surface area contributed by atoms with Crippen molar-refractivity contribution in [2.45, 2.75) is 33.3 Å². The fourth-order valence-corrected chi connectivity index (χ4v) is 3.79. The SMILES string of the molecule is COc1ccc(C)cc1-n1c(N)c(C(=O)NCCCOC(C)C)c2nc3ccccc3nc21. The number of carbonyl (C=O) groups excluding carboxylic acids is 1. The van der Waals surface area contributed by atoms with E-state index in [-0.39, 0.29) is 17.8 Å². The molecular formula is C25H29N5O3. The molecule has 172 valence electrons. The number of amides is 1. The molecule has 0 saturated carbocycles. The molecule has 2 aromatic heterocycles. The average molecular weight is 448 g/mol. The molecule has 8 nitrogen and oxygen atoms in total. The lowest BCUT2D eigenvalue weighted by molar-refractivity contribution is 0.0757. The molecule has 0 radical (unpaired) electrons. The van der Waals surface area contributed by atoms with Gasteiger partial charge in [-0.05, 0) is 57.0 Å². The number of para-hydroxylation sites is 2. The zero-order valence-corrected chi connectivity index (χ0v) is 19.4. The topological polar surface area (TPSA) is 104 Å². The molecule has 0 fully saturated rings. The summed E-state index contributed by atoms with van der Waals surface area (Å²) in [5.41, 5.74) is 11.0. The van der Waals surface area contributed by atoms with Crippen molar-refractivity contribution in [1.82, 2.24) is 19.9 Å². The summed E-state index contributed by atoms with van der Waals surface area (Å²) in [5.74, 6) is 0.592. The van der Waals surface area contributed by atoms with E-state index in [1.807, 2.05) is 63.2 Å². The number of nitrogens with one attached hydrogen (secondary N) is 1. The van der Waals surface area contributed by atoms with Gasteiger partial charge in [-0.1, -0.05) is 18.2 Å². The van der Waals surface area contributed by atoms with Gasteiger partial charge in [0.2, 0.25) is 0 Å². The van der Waals surface area contributed by atoms with Crippen molar-refractivity contribution in [1.29, 1.82) is 0 Å². The van der Waals surface area contributed by atoms with Crippen LogP contribution in [0, 0.1) is 6.92 Å². The lowest BCUT2D eigenvalue weighted by Crippen LogP contribution is -2.26. The van der Waals surface area contributed by atoms with Crippen molar-refractivity contribution in [3.8, 4) is 11.4 Å². The molecule has 0 atom stereocenters. The van der Waals surface area contributed by atoms with Crippen LogP contribution in [0.3, 0.4) is 0 Å². The third-order valence-electron chi connectivity index (χ3n) is 5.36. The number of carbonyl (C=O) groups is 1. The first-order valence-corrected chi connectivity index (χ1v) is 11.0. The highest BCUT2D eigenvalue weighted by atomic mass is 16.5. The van der Waals surface area contributed by atoms with Crippen molar-refractivity contribution >= 4 is 33.9 Å². The molecule has 4 aromatic rings. The van der Waals surface area contributed by atoms with Crippen LogP contribution in [0.25, 0.3) is 27.9 Å². The number of methoxy groups -OCH3 is 1. The Morgan fingerprint density at radius 2 is 1.88 bits per heavy atom. The van der Waals surface area contributed by atoms with E-state index >= 15 is 0 Å². The fraction of sp³-hybridized carbons (Fsp3) is 0.320. The average Bonchev–Trinajstić information content (AvgIpc) is 3.07. The Kier molecular flexibility index (Phi) is 6.46. The normalized spacial score (nSPS) is 11.4. The summed E-state index contributed by atoms with van der Waals surface area (Å²) < 4.78 is 12.9. The second-order valence-corrected chi connectivity index (χ2v) is 8.18. The van der Waals surface area contributed by atoms with Crippen molar-refractivity contribution < 1.29 is 14.3 Å². The van der Waals surface area contributed by atoms with Crippen LogP contribution in [0.5, 0.6) is 5.75 Å². The second-order valence-electron chi connectivity index (χ2n) is 8.18. The van der Waals surface area contributed by atoms with E-state index in [1.54, 1.807) is 11.7 Å². The molecule has 3 N–H and O–H groups in total. The van der Waals surface area contributed by atoms with E-state index in [0.717, 1.165) is 5.56 Å². The van der Waals surface area contributed by atoms with Gasteiger partial charge in [-0.3, -0.25) is 9.36 Å². The summed E-state index contributed by atoms with van der Waals surface area (Å²) in [6, 6.07) is 13.3. The predicted molar refractivity (Wildman–Crippen MR) is 130 cm³/mol. The number of anilines is 1. The van der Waals surface area contributed by atoms with Gasteiger partial charge < -0.3 is 20.5 Å².